The van der Waals surface area contributed by atoms with Gasteiger partial charge in [0.1, 0.15) is 18.2 Å². The van der Waals surface area contributed by atoms with Crippen LogP contribution in [0.2, 0.25) is 0 Å². The molecule has 0 unspecified atom stereocenters. The molecule has 0 bridgehead atoms. The van der Waals surface area contributed by atoms with Gasteiger partial charge in [0.25, 0.3) is 0 Å². The molecule has 27 heavy (non-hydrogen) atoms. The lowest BCUT2D eigenvalue weighted by Gasteiger charge is -2.12. The number of guanidine groups is 1. The summed E-state index contributed by atoms with van der Waals surface area (Å²) in [6.45, 7) is 6.78. The van der Waals surface area contributed by atoms with Gasteiger partial charge >= 0.3 is 0 Å². The fourth-order valence-corrected chi connectivity index (χ4v) is 2.45. The van der Waals surface area contributed by atoms with Crippen molar-refractivity contribution in [3.63, 3.8) is 0 Å². The highest BCUT2D eigenvalue weighted by Crippen LogP contribution is 2.12. The van der Waals surface area contributed by atoms with Crippen molar-refractivity contribution in [1.82, 2.24) is 10.6 Å². The van der Waals surface area contributed by atoms with Gasteiger partial charge in [0.2, 0.25) is 0 Å². The number of hydrogen-bond acceptors (Lipinski definition) is 3. The normalized spacial score (nSPS) is 11.3. The number of benzene rings is 2. The van der Waals surface area contributed by atoms with E-state index in [1.165, 1.54) is 6.07 Å². The third-order valence-corrected chi connectivity index (χ3v) is 3.93. The summed E-state index contributed by atoms with van der Waals surface area (Å²) in [6, 6.07) is 13.0. The van der Waals surface area contributed by atoms with Crippen LogP contribution in [0.4, 0.5) is 4.39 Å². The second-order valence-corrected chi connectivity index (χ2v) is 6.12. The van der Waals surface area contributed by atoms with E-state index in [2.05, 4.69) is 15.6 Å². The molecule has 2 N–H and O–H groups in total. The number of aryl methyl sites for hydroxylation is 1. The highest BCUT2D eigenvalue weighted by molar-refractivity contribution is 5.79. The summed E-state index contributed by atoms with van der Waals surface area (Å²) in [6.07, 6.45) is 0. The van der Waals surface area contributed by atoms with Gasteiger partial charge in [-0.05, 0) is 48.7 Å². The largest absolute Gasteiger partial charge is 0.491 e. The molecule has 0 aliphatic carbocycles. The first kappa shape index (κ1) is 20.7. The van der Waals surface area contributed by atoms with E-state index in [-0.39, 0.29) is 5.82 Å². The van der Waals surface area contributed by atoms with Crippen LogP contribution >= 0.6 is 0 Å². The summed E-state index contributed by atoms with van der Waals surface area (Å²) < 4.78 is 23.9. The number of ether oxygens (including phenoxy) is 2. The average molecular weight is 373 g/mol. The van der Waals surface area contributed by atoms with Crippen molar-refractivity contribution in [2.24, 2.45) is 4.99 Å². The Morgan fingerprint density at radius 1 is 1.04 bits per heavy atom. The molecule has 0 aliphatic rings. The van der Waals surface area contributed by atoms with Gasteiger partial charge in [-0.15, -0.1) is 0 Å². The lowest BCUT2D eigenvalue weighted by atomic mass is 10.1. The SMILES string of the molecule is CCNC(=NCc1ccc(F)c(C)c1)NCc1ccc(OCCOC)cc1. The van der Waals surface area contributed by atoms with Crippen LogP contribution < -0.4 is 15.4 Å². The van der Waals surface area contributed by atoms with Crippen LogP contribution in [0.3, 0.4) is 0 Å². The van der Waals surface area contributed by atoms with Gasteiger partial charge in [0, 0.05) is 20.2 Å². The molecule has 2 aromatic carbocycles. The van der Waals surface area contributed by atoms with Gasteiger partial charge in [0.05, 0.1) is 13.2 Å². The van der Waals surface area contributed by atoms with E-state index in [0.29, 0.717) is 31.9 Å². The molecule has 0 spiro atoms. The minimum atomic E-state index is -0.192. The molecule has 0 aliphatic heterocycles. The third kappa shape index (κ3) is 7.27. The lowest BCUT2D eigenvalue weighted by Crippen LogP contribution is -2.36. The Balaban J connectivity index is 1.90. The maximum atomic E-state index is 13.4. The van der Waals surface area contributed by atoms with Crippen LogP contribution in [0.1, 0.15) is 23.6 Å². The molecule has 0 aromatic heterocycles. The van der Waals surface area contributed by atoms with E-state index in [1.807, 2.05) is 37.3 Å². The van der Waals surface area contributed by atoms with E-state index < -0.39 is 0 Å². The van der Waals surface area contributed by atoms with Crippen LogP contribution in [-0.4, -0.2) is 32.8 Å². The van der Waals surface area contributed by atoms with Crippen molar-refractivity contribution >= 4 is 5.96 Å². The van der Waals surface area contributed by atoms with Crippen molar-refractivity contribution in [1.29, 1.82) is 0 Å². The zero-order chi connectivity index (χ0) is 19.5. The average Bonchev–Trinajstić information content (AvgIpc) is 2.68. The van der Waals surface area contributed by atoms with E-state index >= 15 is 0 Å². The number of rotatable bonds is 9. The highest BCUT2D eigenvalue weighted by atomic mass is 19.1. The Morgan fingerprint density at radius 3 is 2.44 bits per heavy atom. The number of methoxy groups -OCH3 is 1. The summed E-state index contributed by atoms with van der Waals surface area (Å²) >= 11 is 0. The van der Waals surface area contributed by atoms with E-state index in [1.54, 1.807) is 20.1 Å². The van der Waals surface area contributed by atoms with Crippen LogP contribution in [0.5, 0.6) is 5.75 Å². The first-order valence-electron chi connectivity index (χ1n) is 9.10. The van der Waals surface area contributed by atoms with Gasteiger partial charge in [-0.3, -0.25) is 0 Å². The smallest absolute Gasteiger partial charge is 0.191 e. The number of halogens is 1. The molecule has 0 saturated heterocycles. The zero-order valence-corrected chi connectivity index (χ0v) is 16.2. The monoisotopic (exact) mass is 373 g/mol. The number of hydrogen-bond donors (Lipinski definition) is 2. The van der Waals surface area contributed by atoms with Crippen molar-refractivity contribution < 1.29 is 13.9 Å². The molecule has 0 heterocycles. The van der Waals surface area contributed by atoms with E-state index in [0.717, 1.165) is 29.4 Å². The van der Waals surface area contributed by atoms with E-state index in [9.17, 15) is 4.39 Å². The standard InChI is InChI=1S/C21H28FN3O2/c1-4-23-21(25-15-18-7-10-20(22)16(2)13-18)24-14-17-5-8-19(9-6-17)27-12-11-26-3/h5-10,13H,4,11-12,14-15H2,1-3H3,(H2,23,24,25). The van der Waals surface area contributed by atoms with Crippen LogP contribution in [0.25, 0.3) is 0 Å². The Morgan fingerprint density at radius 2 is 1.78 bits per heavy atom. The molecule has 146 valence electrons. The van der Waals surface area contributed by atoms with Gasteiger partial charge in [-0.25, -0.2) is 9.38 Å². The second-order valence-electron chi connectivity index (χ2n) is 6.12. The summed E-state index contributed by atoms with van der Waals surface area (Å²) in [5.74, 6) is 1.35. The van der Waals surface area contributed by atoms with Crippen molar-refractivity contribution in [3.8, 4) is 5.75 Å². The van der Waals surface area contributed by atoms with Crippen molar-refractivity contribution in [2.75, 3.05) is 26.9 Å². The Bertz CT molecular complexity index is 733. The van der Waals surface area contributed by atoms with Gasteiger partial charge in [0.15, 0.2) is 5.96 Å². The molecule has 0 amide bonds. The van der Waals surface area contributed by atoms with Gasteiger partial charge in [-0.2, -0.15) is 0 Å². The Labute approximate surface area is 160 Å². The third-order valence-electron chi connectivity index (χ3n) is 3.93. The predicted molar refractivity (Wildman–Crippen MR) is 107 cm³/mol. The number of nitrogens with zero attached hydrogens (tertiary/aromatic N) is 1. The predicted octanol–water partition coefficient (Wildman–Crippen LogP) is 3.41. The van der Waals surface area contributed by atoms with Crippen molar-refractivity contribution in [2.45, 2.75) is 26.9 Å². The molecular formula is C21H28FN3O2. The molecule has 2 aromatic rings. The molecule has 0 saturated carbocycles. The molecule has 5 nitrogen and oxygen atoms in total. The van der Waals surface area contributed by atoms with Gasteiger partial charge in [-0.1, -0.05) is 24.3 Å². The van der Waals surface area contributed by atoms with Crippen molar-refractivity contribution in [3.05, 3.63) is 65.0 Å². The second kappa shape index (κ2) is 11.2. The minimum absolute atomic E-state index is 0.192. The maximum Gasteiger partial charge on any atom is 0.191 e. The Hall–Kier alpha value is -2.60. The highest BCUT2D eigenvalue weighted by Gasteiger charge is 2.02. The molecule has 0 fully saturated rings. The van der Waals surface area contributed by atoms with E-state index in [4.69, 9.17) is 9.47 Å². The number of aliphatic imine (C=N–C) groups is 1. The molecule has 0 radical (unpaired) electrons. The molecular weight excluding hydrogens is 345 g/mol. The van der Waals surface area contributed by atoms with Crippen LogP contribution in [-0.2, 0) is 17.8 Å². The summed E-state index contributed by atoms with van der Waals surface area (Å²) in [5, 5.41) is 6.53. The first-order valence-corrected chi connectivity index (χ1v) is 9.10. The summed E-state index contributed by atoms with van der Waals surface area (Å²) in [4.78, 5) is 4.57. The van der Waals surface area contributed by atoms with Crippen LogP contribution in [0.15, 0.2) is 47.5 Å². The van der Waals surface area contributed by atoms with Crippen LogP contribution in [0, 0.1) is 12.7 Å². The molecule has 6 heteroatoms. The molecule has 2 rings (SSSR count). The maximum absolute atomic E-state index is 13.4. The fourth-order valence-electron chi connectivity index (χ4n) is 2.45. The zero-order valence-electron chi connectivity index (χ0n) is 16.2. The topological polar surface area (TPSA) is 54.9 Å². The fraction of sp³-hybridized carbons (Fsp3) is 0.381. The molecule has 0 atom stereocenters. The summed E-state index contributed by atoms with van der Waals surface area (Å²) in [7, 11) is 1.65. The quantitative estimate of drug-likeness (QED) is 0.402. The number of nitrogens with one attached hydrogen (secondary N) is 2. The lowest BCUT2D eigenvalue weighted by molar-refractivity contribution is 0.146. The minimum Gasteiger partial charge on any atom is -0.491 e. The van der Waals surface area contributed by atoms with Gasteiger partial charge < -0.3 is 20.1 Å². The Kier molecular flexibility index (Phi) is 8.58. The first-order chi connectivity index (χ1) is 13.1. The summed E-state index contributed by atoms with van der Waals surface area (Å²) in [5.41, 5.74) is 2.73.